The van der Waals surface area contributed by atoms with Crippen LogP contribution in [0.4, 0.5) is 0 Å². The Hall–Kier alpha value is -2.64. The van der Waals surface area contributed by atoms with E-state index in [1.807, 2.05) is 37.3 Å². The van der Waals surface area contributed by atoms with Crippen LogP contribution in [0.25, 0.3) is 4.96 Å². The van der Waals surface area contributed by atoms with Crippen LogP contribution < -0.4 is 0 Å². The van der Waals surface area contributed by atoms with Gasteiger partial charge in [-0.2, -0.15) is 4.52 Å². The molecule has 26 heavy (non-hydrogen) atoms. The number of benzene rings is 1. The summed E-state index contributed by atoms with van der Waals surface area (Å²) >= 11 is 1.44. The number of aryl methyl sites for hydroxylation is 1. The Kier molecular flexibility index (Phi) is 4.48. The van der Waals surface area contributed by atoms with Crippen molar-refractivity contribution in [3.63, 3.8) is 0 Å². The standard InChI is InChI=1S/C19H20N4O2S/c1-3-22(12-14-8-5-4-6-9-14)16(15-10-7-11-25-15)17-18(24)23-19(26-17)20-13(2)21-23/h4-11,16,24H,3,12H2,1-2H3. The Morgan fingerprint density at radius 3 is 2.69 bits per heavy atom. The summed E-state index contributed by atoms with van der Waals surface area (Å²) in [6, 6.07) is 13.9. The molecule has 0 saturated carbocycles. The van der Waals surface area contributed by atoms with Crippen molar-refractivity contribution in [2.24, 2.45) is 0 Å². The second-order valence-corrected chi connectivity index (χ2v) is 7.12. The van der Waals surface area contributed by atoms with Gasteiger partial charge in [-0.3, -0.25) is 4.90 Å². The number of aromatic nitrogens is 3. The number of nitrogens with zero attached hydrogens (tertiary/aromatic N) is 4. The first-order valence-corrected chi connectivity index (χ1v) is 9.35. The van der Waals surface area contributed by atoms with Crippen molar-refractivity contribution in [3.05, 3.63) is 70.8 Å². The van der Waals surface area contributed by atoms with Crippen LogP contribution in [-0.4, -0.2) is 31.1 Å². The van der Waals surface area contributed by atoms with Crippen molar-refractivity contribution in [1.29, 1.82) is 0 Å². The summed E-state index contributed by atoms with van der Waals surface area (Å²) < 4.78 is 7.23. The SMILES string of the molecule is CCN(Cc1ccccc1)C(c1ccco1)c1sc2nc(C)nn2c1O. The van der Waals surface area contributed by atoms with Crippen LogP contribution in [0.15, 0.2) is 53.1 Å². The lowest BCUT2D eigenvalue weighted by molar-refractivity contribution is 0.203. The maximum absolute atomic E-state index is 10.8. The van der Waals surface area contributed by atoms with Crippen molar-refractivity contribution in [1.82, 2.24) is 19.5 Å². The molecule has 0 aliphatic rings. The fourth-order valence-electron chi connectivity index (χ4n) is 3.15. The molecule has 0 aliphatic heterocycles. The molecular formula is C19H20N4O2S. The predicted octanol–water partition coefficient (Wildman–Crippen LogP) is 4.01. The number of hydrogen-bond acceptors (Lipinski definition) is 6. The quantitative estimate of drug-likeness (QED) is 0.557. The van der Waals surface area contributed by atoms with Gasteiger partial charge in [0.15, 0.2) is 0 Å². The smallest absolute Gasteiger partial charge is 0.230 e. The molecule has 0 amide bonds. The number of fused-ring (bicyclic) bond motifs is 1. The minimum Gasteiger partial charge on any atom is -0.492 e. The molecule has 1 aromatic carbocycles. The molecular weight excluding hydrogens is 348 g/mol. The largest absolute Gasteiger partial charge is 0.492 e. The summed E-state index contributed by atoms with van der Waals surface area (Å²) in [5.41, 5.74) is 1.21. The fraction of sp³-hybridized carbons (Fsp3) is 0.263. The number of thiazole rings is 1. The van der Waals surface area contributed by atoms with Gasteiger partial charge in [-0.05, 0) is 31.2 Å². The summed E-state index contributed by atoms with van der Waals surface area (Å²) in [5, 5.41) is 15.1. The zero-order valence-electron chi connectivity index (χ0n) is 14.7. The first kappa shape index (κ1) is 16.8. The monoisotopic (exact) mass is 368 g/mol. The minimum atomic E-state index is -0.205. The number of furan rings is 1. The molecule has 0 saturated heterocycles. The Morgan fingerprint density at radius 1 is 1.23 bits per heavy atom. The molecule has 1 unspecified atom stereocenters. The molecule has 0 bridgehead atoms. The molecule has 0 aliphatic carbocycles. The second-order valence-electron chi connectivity index (χ2n) is 6.11. The van der Waals surface area contributed by atoms with Gasteiger partial charge in [0.05, 0.1) is 11.1 Å². The molecule has 0 spiro atoms. The van der Waals surface area contributed by atoms with E-state index in [-0.39, 0.29) is 11.9 Å². The predicted molar refractivity (Wildman–Crippen MR) is 100 cm³/mol. The van der Waals surface area contributed by atoms with Gasteiger partial charge >= 0.3 is 0 Å². The molecule has 6 nitrogen and oxygen atoms in total. The van der Waals surface area contributed by atoms with E-state index in [1.54, 1.807) is 6.26 Å². The summed E-state index contributed by atoms with van der Waals surface area (Å²) in [4.78, 5) is 8.13. The summed E-state index contributed by atoms with van der Waals surface area (Å²) in [6.07, 6.45) is 1.66. The lowest BCUT2D eigenvalue weighted by atomic mass is 10.1. The number of aromatic hydroxyl groups is 1. The molecule has 7 heteroatoms. The average Bonchev–Trinajstić information content (AvgIpc) is 3.35. The van der Waals surface area contributed by atoms with Gasteiger partial charge in [0.1, 0.15) is 17.6 Å². The van der Waals surface area contributed by atoms with Crippen LogP contribution in [0.3, 0.4) is 0 Å². The third kappa shape index (κ3) is 3.00. The van der Waals surface area contributed by atoms with Gasteiger partial charge < -0.3 is 9.52 Å². The van der Waals surface area contributed by atoms with E-state index in [0.717, 1.165) is 23.7 Å². The minimum absolute atomic E-state index is 0.124. The van der Waals surface area contributed by atoms with Crippen LogP contribution in [0.1, 0.15) is 35.0 Å². The van der Waals surface area contributed by atoms with E-state index < -0.39 is 0 Å². The van der Waals surface area contributed by atoms with E-state index in [4.69, 9.17) is 4.42 Å². The van der Waals surface area contributed by atoms with Gasteiger partial charge in [0.25, 0.3) is 0 Å². The van der Waals surface area contributed by atoms with E-state index in [2.05, 4.69) is 34.0 Å². The van der Waals surface area contributed by atoms with Crippen molar-refractivity contribution < 1.29 is 9.52 Å². The van der Waals surface area contributed by atoms with Crippen LogP contribution >= 0.6 is 11.3 Å². The first-order chi connectivity index (χ1) is 12.7. The molecule has 4 rings (SSSR count). The van der Waals surface area contributed by atoms with Crippen LogP contribution in [-0.2, 0) is 6.54 Å². The topological polar surface area (TPSA) is 66.8 Å². The second kappa shape index (κ2) is 6.93. The molecule has 3 aromatic heterocycles. The van der Waals surface area contributed by atoms with Gasteiger partial charge in [0.2, 0.25) is 10.8 Å². The molecule has 4 aromatic rings. The highest BCUT2D eigenvalue weighted by Crippen LogP contribution is 2.40. The molecule has 0 radical (unpaired) electrons. The van der Waals surface area contributed by atoms with E-state index >= 15 is 0 Å². The Labute approximate surface area is 155 Å². The lowest BCUT2D eigenvalue weighted by Crippen LogP contribution is -2.28. The van der Waals surface area contributed by atoms with Gasteiger partial charge in [-0.25, -0.2) is 4.98 Å². The van der Waals surface area contributed by atoms with Crippen molar-refractivity contribution in [2.45, 2.75) is 26.4 Å². The van der Waals surface area contributed by atoms with Crippen molar-refractivity contribution >= 4 is 16.3 Å². The van der Waals surface area contributed by atoms with Crippen LogP contribution in [0, 0.1) is 6.92 Å². The Bertz CT molecular complexity index is 992. The summed E-state index contributed by atoms with van der Waals surface area (Å²) in [5.74, 6) is 1.56. The highest BCUT2D eigenvalue weighted by Gasteiger charge is 2.30. The number of hydrogen-bond donors (Lipinski definition) is 1. The van der Waals surface area contributed by atoms with E-state index in [0.29, 0.717) is 10.8 Å². The zero-order chi connectivity index (χ0) is 18.1. The lowest BCUT2D eigenvalue weighted by Gasteiger charge is -2.28. The normalized spacial score (nSPS) is 12.9. The molecule has 134 valence electrons. The maximum atomic E-state index is 10.8. The summed E-state index contributed by atoms with van der Waals surface area (Å²) in [7, 11) is 0. The number of rotatable bonds is 6. The summed E-state index contributed by atoms with van der Waals surface area (Å²) in [6.45, 7) is 5.47. The van der Waals surface area contributed by atoms with E-state index in [9.17, 15) is 5.11 Å². The van der Waals surface area contributed by atoms with Crippen molar-refractivity contribution in [3.8, 4) is 5.88 Å². The van der Waals surface area contributed by atoms with E-state index in [1.165, 1.54) is 21.4 Å². The average molecular weight is 368 g/mol. The third-order valence-electron chi connectivity index (χ3n) is 4.37. The molecule has 3 heterocycles. The molecule has 1 atom stereocenters. The van der Waals surface area contributed by atoms with Crippen LogP contribution in [0.2, 0.25) is 0 Å². The van der Waals surface area contributed by atoms with Gasteiger partial charge in [-0.1, -0.05) is 48.6 Å². The highest BCUT2D eigenvalue weighted by molar-refractivity contribution is 7.17. The maximum Gasteiger partial charge on any atom is 0.230 e. The van der Waals surface area contributed by atoms with Gasteiger partial charge in [-0.15, -0.1) is 5.10 Å². The Morgan fingerprint density at radius 2 is 2.04 bits per heavy atom. The molecule has 1 N–H and O–H groups in total. The van der Waals surface area contributed by atoms with Crippen LogP contribution in [0.5, 0.6) is 5.88 Å². The third-order valence-corrected chi connectivity index (χ3v) is 5.44. The highest BCUT2D eigenvalue weighted by atomic mass is 32.1. The first-order valence-electron chi connectivity index (χ1n) is 8.53. The Balaban J connectivity index is 1.78. The zero-order valence-corrected chi connectivity index (χ0v) is 15.5. The van der Waals surface area contributed by atoms with Crippen molar-refractivity contribution in [2.75, 3.05) is 6.54 Å². The molecule has 0 fully saturated rings. The van der Waals surface area contributed by atoms with Gasteiger partial charge in [0, 0.05) is 6.54 Å². The fourth-order valence-corrected chi connectivity index (χ4v) is 4.29.